The Hall–Kier alpha value is -2.02. The van der Waals surface area contributed by atoms with E-state index in [1.165, 1.54) is 24.3 Å². The van der Waals surface area contributed by atoms with E-state index in [1.807, 2.05) is 6.26 Å². The van der Waals surface area contributed by atoms with Crippen LogP contribution in [0.5, 0.6) is 5.75 Å². The van der Waals surface area contributed by atoms with Gasteiger partial charge in [0.05, 0.1) is 11.5 Å². The first-order valence-electron chi connectivity index (χ1n) is 5.35. The van der Waals surface area contributed by atoms with E-state index in [-0.39, 0.29) is 5.69 Å². The largest absolute Gasteiger partial charge is 0.492 e. The second-order valence-corrected chi connectivity index (χ2v) is 4.48. The molecule has 0 saturated heterocycles. The second-order valence-electron chi connectivity index (χ2n) is 3.49. The molecule has 6 nitrogen and oxygen atoms in total. The van der Waals surface area contributed by atoms with Crippen molar-refractivity contribution in [2.45, 2.75) is 0 Å². The fourth-order valence-electron chi connectivity index (χ4n) is 1.31. The number of benzene rings is 1. The smallest absolute Gasteiger partial charge is 0.328 e. The summed E-state index contributed by atoms with van der Waals surface area (Å²) in [5.41, 5.74) is 0.264. The minimum atomic E-state index is -1.12. The van der Waals surface area contributed by atoms with E-state index in [0.717, 1.165) is 11.8 Å². The van der Waals surface area contributed by atoms with Gasteiger partial charge in [-0.05, 0) is 18.4 Å². The summed E-state index contributed by atoms with van der Waals surface area (Å²) >= 11 is 1.61. The Morgan fingerprint density at radius 1 is 1.58 bits per heavy atom. The zero-order chi connectivity index (χ0) is 14.3. The van der Waals surface area contributed by atoms with Gasteiger partial charge in [-0.1, -0.05) is 0 Å². The Kier molecular flexibility index (Phi) is 5.87. The summed E-state index contributed by atoms with van der Waals surface area (Å²) in [5.74, 6) is 0.0812. The van der Waals surface area contributed by atoms with Gasteiger partial charge in [0.25, 0.3) is 5.69 Å². The number of nitrogens with zero attached hydrogens (tertiary/aromatic N) is 1. The van der Waals surface area contributed by atoms with Gasteiger partial charge in [0, 0.05) is 29.5 Å². The SMILES string of the molecule is CSCCOc1ccc([N+](=O)[O-])cc1/C=C/C(=O)O. The summed E-state index contributed by atoms with van der Waals surface area (Å²) < 4.78 is 5.46. The molecule has 0 aliphatic rings. The predicted molar refractivity (Wildman–Crippen MR) is 73.6 cm³/mol. The van der Waals surface area contributed by atoms with Crippen LogP contribution < -0.4 is 4.74 Å². The number of hydrogen-bond acceptors (Lipinski definition) is 5. The van der Waals surface area contributed by atoms with Crippen LogP contribution in [0.3, 0.4) is 0 Å². The van der Waals surface area contributed by atoms with Gasteiger partial charge in [-0.25, -0.2) is 4.79 Å². The number of nitro benzene ring substituents is 1. The molecule has 0 amide bonds. The van der Waals surface area contributed by atoms with E-state index in [4.69, 9.17) is 9.84 Å². The predicted octanol–water partition coefficient (Wildman–Crippen LogP) is 2.43. The van der Waals surface area contributed by atoms with Crippen LogP contribution in [-0.2, 0) is 4.79 Å². The van der Waals surface area contributed by atoms with Gasteiger partial charge in [-0.15, -0.1) is 0 Å². The van der Waals surface area contributed by atoms with E-state index in [9.17, 15) is 14.9 Å². The lowest BCUT2D eigenvalue weighted by molar-refractivity contribution is -0.384. The van der Waals surface area contributed by atoms with Crippen LogP contribution in [-0.4, -0.2) is 34.6 Å². The molecule has 0 heterocycles. The first kappa shape index (κ1) is 15.0. The van der Waals surface area contributed by atoms with Crippen LogP contribution in [0.15, 0.2) is 24.3 Å². The van der Waals surface area contributed by atoms with Crippen molar-refractivity contribution in [1.82, 2.24) is 0 Å². The number of hydrogen-bond donors (Lipinski definition) is 1. The highest BCUT2D eigenvalue weighted by atomic mass is 32.2. The number of non-ortho nitro benzene ring substituents is 1. The maximum absolute atomic E-state index is 10.7. The van der Waals surface area contributed by atoms with Crippen molar-refractivity contribution >= 4 is 29.5 Å². The summed E-state index contributed by atoms with van der Waals surface area (Å²) in [6.07, 6.45) is 4.13. The molecule has 0 aliphatic heterocycles. The highest BCUT2D eigenvalue weighted by Crippen LogP contribution is 2.25. The molecule has 0 atom stereocenters. The number of carboxylic acids is 1. The topological polar surface area (TPSA) is 89.7 Å². The number of nitro groups is 1. The minimum absolute atomic E-state index is 0.109. The van der Waals surface area contributed by atoms with Gasteiger partial charge in [0.2, 0.25) is 0 Å². The number of ether oxygens (including phenoxy) is 1. The third kappa shape index (κ3) is 5.01. The van der Waals surface area contributed by atoms with Crippen molar-refractivity contribution in [3.63, 3.8) is 0 Å². The molecule has 1 aromatic carbocycles. The molecule has 0 fully saturated rings. The van der Waals surface area contributed by atoms with Gasteiger partial charge in [0.1, 0.15) is 5.75 Å². The fraction of sp³-hybridized carbons (Fsp3) is 0.250. The Morgan fingerprint density at radius 2 is 2.32 bits per heavy atom. The van der Waals surface area contributed by atoms with E-state index >= 15 is 0 Å². The molecule has 1 aromatic rings. The molecule has 0 aliphatic carbocycles. The van der Waals surface area contributed by atoms with Crippen LogP contribution >= 0.6 is 11.8 Å². The monoisotopic (exact) mass is 283 g/mol. The Morgan fingerprint density at radius 3 is 2.89 bits per heavy atom. The number of aliphatic carboxylic acids is 1. The molecule has 102 valence electrons. The minimum Gasteiger partial charge on any atom is -0.492 e. The Bertz CT molecular complexity index is 501. The highest BCUT2D eigenvalue weighted by molar-refractivity contribution is 7.98. The molecular formula is C12H13NO5S. The van der Waals surface area contributed by atoms with Crippen LogP contribution in [0.1, 0.15) is 5.56 Å². The quantitative estimate of drug-likeness (QED) is 0.358. The fourth-order valence-corrected chi connectivity index (χ4v) is 1.56. The number of carbonyl (C=O) groups is 1. The molecule has 1 N–H and O–H groups in total. The average Bonchev–Trinajstić information content (AvgIpc) is 2.37. The van der Waals surface area contributed by atoms with Gasteiger partial charge >= 0.3 is 5.97 Å². The third-order valence-corrected chi connectivity index (χ3v) is 2.73. The molecule has 1 rings (SSSR count). The molecule has 0 unspecified atom stereocenters. The molecule has 0 radical (unpaired) electrons. The summed E-state index contributed by atoms with van der Waals surface area (Å²) in [7, 11) is 0. The molecule has 0 spiro atoms. The van der Waals surface area contributed by atoms with E-state index in [0.29, 0.717) is 17.9 Å². The lowest BCUT2D eigenvalue weighted by Crippen LogP contribution is -2.01. The van der Waals surface area contributed by atoms with Crippen molar-refractivity contribution in [3.05, 3.63) is 40.0 Å². The summed E-state index contributed by atoms with van der Waals surface area (Å²) in [6, 6.07) is 4.08. The van der Waals surface area contributed by atoms with Crippen LogP contribution in [0.4, 0.5) is 5.69 Å². The average molecular weight is 283 g/mol. The zero-order valence-corrected chi connectivity index (χ0v) is 11.1. The molecule has 0 bridgehead atoms. The number of rotatable bonds is 7. The molecule has 7 heteroatoms. The van der Waals surface area contributed by atoms with Gasteiger partial charge in [-0.3, -0.25) is 10.1 Å². The first-order chi connectivity index (χ1) is 9.04. The molecule has 0 saturated carbocycles. The van der Waals surface area contributed by atoms with Crippen LogP contribution in [0, 0.1) is 10.1 Å². The Labute approximate surface area is 114 Å². The van der Waals surface area contributed by atoms with Crippen molar-refractivity contribution < 1.29 is 19.6 Å². The van der Waals surface area contributed by atoms with Crippen molar-refractivity contribution in [3.8, 4) is 5.75 Å². The summed E-state index contributed by atoms with van der Waals surface area (Å²) in [5, 5.41) is 19.3. The zero-order valence-electron chi connectivity index (χ0n) is 10.2. The van der Waals surface area contributed by atoms with Crippen LogP contribution in [0.2, 0.25) is 0 Å². The first-order valence-corrected chi connectivity index (χ1v) is 6.75. The lowest BCUT2D eigenvalue weighted by Gasteiger charge is -2.08. The summed E-state index contributed by atoms with van der Waals surface area (Å²) in [6.45, 7) is 0.451. The maximum atomic E-state index is 10.7. The van der Waals surface area contributed by atoms with Crippen molar-refractivity contribution in [2.24, 2.45) is 0 Å². The normalized spacial score (nSPS) is 10.6. The number of thioether (sulfide) groups is 1. The van der Waals surface area contributed by atoms with Gasteiger partial charge in [-0.2, -0.15) is 11.8 Å². The second kappa shape index (κ2) is 7.42. The lowest BCUT2D eigenvalue weighted by atomic mass is 10.1. The van der Waals surface area contributed by atoms with Gasteiger partial charge in [0.15, 0.2) is 0 Å². The van der Waals surface area contributed by atoms with Gasteiger partial charge < -0.3 is 9.84 Å². The highest BCUT2D eigenvalue weighted by Gasteiger charge is 2.10. The van der Waals surface area contributed by atoms with E-state index in [2.05, 4.69) is 0 Å². The number of carboxylic acid groups (broad SMARTS) is 1. The molecule has 0 aromatic heterocycles. The molecular weight excluding hydrogens is 270 g/mol. The van der Waals surface area contributed by atoms with Crippen LogP contribution in [0.25, 0.3) is 6.08 Å². The van der Waals surface area contributed by atoms with E-state index < -0.39 is 10.9 Å². The maximum Gasteiger partial charge on any atom is 0.328 e. The third-order valence-electron chi connectivity index (χ3n) is 2.15. The van der Waals surface area contributed by atoms with E-state index in [1.54, 1.807) is 11.8 Å². The van der Waals surface area contributed by atoms with Crippen molar-refractivity contribution in [1.29, 1.82) is 0 Å². The Balaban J connectivity index is 3.00. The molecule has 19 heavy (non-hydrogen) atoms. The standard InChI is InChI=1S/C12H13NO5S/c1-19-7-6-18-11-4-3-10(13(16)17)8-9(11)2-5-12(14)15/h2-5,8H,6-7H2,1H3,(H,14,15)/b5-2+. The summed E-state index contributed by atoms with van der Waals surface area (Å²) in [4.78, 5) is 20.6. The van der Waals surface area contributed by atoms with Crippen molar-refractivity contribution in [2.75, 3.05) is 18.6 Å².